The highest BCUT2D eigenvalue weighted by molar-refractivity contribution is 5.77. The molecular weight excluding hydrogens is 166 g/mol. The first kappa shape index (κ1) is 9.40. The molecule has 0 unspecified atom stereocenters. The molecule has 6 nitrogen and oxygen atoms in total. The van der Waals surface area contributed by atoms with Gasteiger partial charge in [-0.25, -0.2) is 4.79 Å². The molecule has 1 heterocycles. The highest BCUT2D eigenvalue weighted by Gasteiger charge is 2.51. The molecule has 0 aromatic rings. The number of hydrogen-bond donors (Lipinski definition) is 4. The van der Waals surface area contributed by atoms with Crippen LogP contribution in [-0.2, 0) is 4.79 Å². The molecule has 6 heteroatoms. The van der Waals surface area contributed by atoms with Crippen molar-refractivity contribution >= 4 is 5.97 Å². The van der Waals surface area contributed by atoms with Gasteiger partial charge in [0.15, 0.2) is 0 Å². The van der Waals surface area contributed by atoms with Crippen LogP contribution in [0.5, 0.6) is 0 Å². The topological polar surface area (TPSA) is 101 Å². The Kier molecular flexibility index (Phi) is 2.34. The molecule has 0 bridgehead atoms. The molecule has 2 atom stereocenters. The van der Waals surface area contributed by atoms with Crippen molar-refractivity contribution < 1.29 is 25.3 Å². The maximum absolute atomic E-state index is 10.5. The summed E-state index contributed by atoms with van der Waals surface area (Å²) in [5, 5.41) is 36.2. The van der Waals surface area contributed by atoms with E-state index in [1.165, 1.54) is 0 Å². The minimum absolute atomic E-state index is 0.0415. The molecule has 0 spiro atoms. The summed E-state index contributed by atoms with van der Waals surface area (Å²) >= 11 is 0. The third kappa shape index (κ3) is 1.18. The van der Waals surface area contributed by atoms with E-state index in [-0.39, 0.29) is 18.0 Å². The molecule has 12 heavy (non-hydrogen) atoms. The van der Waals surface area contributed by atoms with Gasteiger partial charge >= 0.3 is 5.97 Å². The number of aliphatic carboxylic acids is 1. The number of aliphatic hydroxyl groups excluding tert-OH is 1. The van der Waals surface area contributed by atoms with Crippen LogP contribution in [0.15, 0.2) is 0 Å². The lowest BCUT2D eigenvalue weighted by Gasteiger charge is -2.38. The van der Waals surface area contributed by atoms with Crippen molar-refractivity contribution in [3.63, 3.8) is 0 Å². The van der Waals surface area contributed by atoms with Gasteiger partial charge in [-0.3, -0.25) is 0 Å². The second-order valence-corrected chi connectivity index (χ2v) is 2.81. The van der Waals surface area contributed by atoms with E-state index in [1.807, 2.05) is 0 Å². The van der Waals surface area contributed by atoms with Crippen LogP contribution < -0.4 is 0 Å². The smallest absolute Gasteiger partial charge is 0.356 e. The van der Waals surface area contributed by atoms with Gasteiger partial charge in [0, 0.05) is 6.54 Å². The van der Waals surface area contributed by atoms with Gasteiger partial charge in [-0.1, -0.05) is 0 Å². The molecule has 0 aromatic heterocycles. The van der Waals surface area contributed by atoms with E-state index < -0.39 is 17.8 Å². The van der Waals surface area contributed by atoms with E-state index in [0.29, 0.717) is 6.42 Å². The molecule has 0 amide bonds. The van der Waals surface area contributed by atoms with Crippen molar-refractivity contribution in [2.45, 2.75) is 24.7 Å². The molecule has 1 rings (SSSR count). The first-order valence-electron chi connectivity index (χ1n) is 3.60. The average Bonchev–Trinajstić information content (AvgIpc) is 1.99. The van der Waals surface area contributed by atoms with Gasteiger partial charge in [0.2, 0.25) is 0 Å². The third-order valence-corrected chi connectivity index (χ3v) is 2.02. The Morgan fingerprint density at radius 1 is 1.58 bits per heavy atom. The van der Waals surface area contributed by atoms with Crippen LogP contribution in [0.3, 0.4) is 0 Å². The quantitative estimate of drug-likeness (QED) is 0.393. The van der Waals surface area contributed by atoms with Crippen LogP contribution in [0.2, 0.25) is 0 Å². The monoisotopic (exact) mass is 177 g/mol. The maximum atomic E-state index is 10.5. The normalized spacial score (nSPS) is 38.1. The first-order valence-corrected chi connectivity index (χ1v) is 3.60. The van der Waals surface area contributed by atoms with E-state index in [1.54, 1.807) is 0 Å². The number of carboxylic acid groups (broad SMARTS) is 1. The first-order chi connectivity index (χ1) is 5.49. The van der Waals surface area contributed by atoms with Gasteiger partial charge in [0.1, 0.15) is 6.10 Å². The standard InChI is InChI=1S/C6H11NO5/c8-4-2-1-3-7(12)6(4,11)5(9)10/h4,8,11-12H,1-3H2,(H,9,10)/t4-,6+/m1/s1. The molecule has 0 aromatic carbocycles. The Morgan fingerprint density at radius 2 is 2.17 bits per heavy atom. The van der Waals surface area contributed by atoms with Crippen LogP contribution in [0.25, 0.3) is 0 Å². The Hall–Kier alpha value is -0.690. The average molecular weight is 177 g/mol. The molecule has 0 radical (unpaired) electrons. The highest BCUT2D eigenvalue weighted by atomic mass is 16.6. The van der Waals surface area contributed by atoms with Crippen molar-refractivity contribution in [2.24, 2.45) is 0 Å². The molecule has 0 saturated carbocycles. The molecule has 1 aliphatic rings. The largest absolute Gasteiger partial charge is 0.478 e. The SMILES string of the molecule is O=C(O)[C@@]1(O)[C@H](O)CCCN1O. The van der Waals surface area contributed by atoms with Gasteiger partial charge < -0.3 is 20.5 Å². The lowest BCUT2D eigenvalue weighted by Crippen LogP contribution is -2.63. The molecule has 1 fully saturated rings. The Bertz CT molecular complexity index is 184. The Morgan fingerprint density at radius 3 is 2.50 bits per heavy atom. The minimum Gasteiger partial charge on any atom is -0.478 e. The molecular formula is C6H11NO5. The number of rotatable bonds is 1. The van der Waals surface area contributed by atoms with Gasteiger partial charge in [0.05, 0.1) is 0 Å². The fraction of sp³-hybridized carbons (Fsp3) is 0.833. The van der Waals surface area contributed by atoms with Gasteiger partial charge in [-0.05, 0) is 12.8 Å². The van der Waals surface area contributed by atoms with Crippen molar-refractivity contribution in [1.29, 1.82) is 0 Å². The zero-order valence-corrected chi connectivity index (χ0v) is 6.34. The zero-order chi connectivity index (χ0) is 9.35. The lowest BCUT2D eigenvalue weighted by molar-refractivity contribution is -0.303. The van der Waals surface area contributed by atoms with E-state index in [2.05, 4.69) is 0 Å². The second-order valence-electron chi connectivity index (χ2n) is 2.81. The summed E-state index contributed by atoms with van der Waals surface area (Å²) in [5.41, 5.74) is -2.54. The van der Waals surface area contributed by atoms with Crippen LogP contribution in [0, 0.1) is 0 Å². The van der Waals surface area contributed by atoms with Crippen molar-refractivity contribution in [3.05, 3.63) is 0 Å². The van der Waals surface area contributed by atoms with Crippen LogP contribution in [-0.4, -0.2) is 49.9 Å². The summed E-state index contributed by atoms with van der Waals surface area (Å²) in [6, 6.07) is 0. The lowest BCUT2D eigenvalue weighted by atomic mass is 9.97. The maximum Gasteiger partial charge on any atom is 0.356 e. The summed E-state index contributed by atoms with van der Waals surface area (Å²) in [6.45, 7) is 0.0415. The third-order valence-electron chi connectivity index (χ3n) is 2.02. The zero-order valence-electron chi connectivity index (χ0n) is 6.34. The summed E-state index contributed by atoms with van der Waals surface area (Å²) in [7, 11) is 0. The second kappa shape index (κ2) is 2.98. The number of hydrogen-bond acceptors (Lipinski definition) is 5. The molecule has 1 saturated heterocycles. The fourth-order valence-electron chi connectivity index (χ4n) is 1.23. The van der Waals surface area contributed by atoms with Crippen molar-refractivity contribution in [2.75, 3.05) is 6.54 Å². The Labute approximate surface area is 68.6 Å². The van der Waals surface area contributed by atoms with E-state index in [0.717, 1.165) is 0 Å². The summed E-state index contributed by atoms with van der Waals surface area (Å²) < 4.78 is 0. The van der Waals surface area contributed by atoms with Gasteiger partial charge in [-0.15, -0.1) is 5.06 Å². The minimum atomic E-state index is -2.54. The number of piperidine rings is 1. The fourth-order valence-corrected chi connectivity index (χ4v) is 1.23. The van der Waals surface area contributed by atoms with Gasteiger partial charge in [-0.2, -0.15) is 0 Å². The molecule has 4 N–H and O–H groups in total. The van der Waals surface area contributed by atoms with Crippen LogP contribution in [0.4, 0.5) is 0 Å². The molecule has 70 valence electrons. The van der Waals surface area contributed by atoms with Gasteiger partial charge in [0.25, 0.3) is 5.72 Å². The van der Waals surface area contributed by atoms with Crippen LogP contribution >= 0.6 is 0 Å². The molecule has 1 aliphatic heterocycles. The number of carbonyl (C=O) groups is 1. The van der Waals surface area contributed by atoms with Crippen molar-refractivity contribution in [1.82, 2.24) is 5.06 Å². The summed E-state index contributed by atoms with van der Waals surface area (Å²) in [4.78, 5) is 10.5. The number of hydroxylamine groups is 2. The number of nitrogens with zero attached hydrogens (tertiary/aromatic N) is 1. The van der Waals surface area contributed by atoms with Crippen molar-refractivity contribution in [3.8, 4) is 0 Å². The predicted molar refractivity (Wildman–Crippen MR) is 36.3 cm³/mol. The molecule has 0 aliphatic carbocycles. The number of carboxylic acids is 1. The summed E-state index contributed by atoms with van der Waals surface area (Å²) in [6.07, 6.45) is -0.832. The van der Waals surface area contributed by atoms with E-state index >= 15 is 0 Å². The highest BCUT2D eigenvalue weighted by Crippen LogP contribution is 2.24. The predicted octanol–water partition coefficient (Wildman–Crippen LogP) is -1.39. The van der Waals surface area contributed by atoms with Crippen LogP contribution in [0.1, 0.15) is 12.8 Å². The van der Waals surface area contributed by atoms with E-state index in [9.17, 15) is 9.90 Å². The Balaban J connectivity index is 2.87. The van der Waals surface area contributed by atoms with E-state index in [4.69, 9.17) is 15.4 Å². The summed E-state index contributed by atoms with van der Waals surface area (Å²) in [5.74, 6) is -1.64. The number of aliphatic hydroxyl groups is 2.